The molecule has 0 bridgehead atoms. The minimum absolute atomic E-state index is 0.0438. The van der Waals surface area contributed by atoms with Crippen molar-refractivity contribution in [1.82, 2.24) is 34.4 Å². The quantitative estimate of drug-likeness (QED) is 0.148. The number of aryl methyl sites for hydroxylation is 2. The van der Waals surface area contributed by atoms with Gasteiger partial charge in [-0.1, -0.05) is 23.7 Å². The Morgan fingerprint density at radius 3 is 2.55 bits per heavy atom. The fourth-order valence-corrected chi connectivity index (χ4v) is 8.95. The predicted molar refractivity (Wildman–Crippen MR) is 196 cm³/mol. The fraction of sp³-hybridized carbons (Fsp3) is 0.325. The van der Waals surface area contributed by atoms with Gasteiger partial charge in [0.1, 0.15) is 35.4 Å². The van der Waals surface area contributed by atoms with E-state index in [1.54, 1.807) is 42.9 Å². The van der Waals surface area contributed by atoms with Gasteiger partial charge in [-0.05, 0) is 91.6 Å². The summed E-state index contributed by atoms with van der Waals surface area (Å²) in [4.78, 5) is 33.8. The lowest BCUT2D eigenvalue weighted by Gasteiger charge is -2.24. The van der Waals surface area contributed by atoms with Crippen LogP contribution in [0.4, 0.5) is 26.3 Å². The van der Waals surface area contributed by atoms with E-state index in [-0.39, 0.29) is 46.4 Å². The molecule has 6 aromatic rings. The number of allylic oxidation sites excluding steroid dienone is 2. The average molecular weight is 792 g/mol. The van der Waals surface area contributed by atoms with Gasteiger partial charge in [0.15, 0.2) is 0 Å². The smallest absolute Gasteiger partial charge is 0.293 e. The molecule has 3 aromatic heterocycles. The lowest BCUT2D eigenvalue weighted by Crippen LogP contribution is -2.38. The van der Waals surface area contributed by atoms with Gasteiger partial charge in [-0.3, -0.25) is 23.5 Å². The molecule has 9 nitrogen and oxygen atoms in total. The Bertz CT molecular complexity index is 2720. The second-order valence-electron chi connectivity index (χ2n) is 14.7. The summed E-state index contributed by atoms with van der Waals surface area (Å²) in [5, 5.41) is 12.2. The first-order chi connectivity index (χ1) is 26.7. The van der Waals surface area contributed by atoms with Crippen LogP contribution in [0.3, 0.4) is 0 Å². The minimum Gasteiger partial charge on any atom is -0.344 e. The van der Waals surface area contributed by atoms with E-state index < -0.39 is 71.3 Å². The SMILES string of the molecule is Cc1nn(C)c2c(-n3c([C@H](Cc4cc(F)cc(F)c4)NC(=O)Cn4nc(C(F)F)c5c4C(F)(F)C4CC54)nc4cc(C5=CCCC5)ccc4c3=O)ccc(Cl)c12. The average Bonchev–Trinajstić information content (AvgIpc) is 3.37. The van der Waals surface area contributed by atoms with E-state index in [0.29, 0.717) is 32.4 Å². The van der Waals surface area contributed by atoms with Gasteiger partial charge >= 0.3 is 0 Å². The number of fused-ring (bicyclic) bond motifs is 5. The maximum Gasteiger partial charge on any atom is 0.293 e. The Labute approximate surface area is 319 Å². The number of carbonyl (C=O) groups excluding carboxylic acids is 1. The molecule has 3 atom stereocenters. The number of rotatable bonds is 9. The van der Waals surface area contributed by atoms with E-state index in [9.17, 15) is 27.2 Å². The molecule has 3 aromatic carbocycles. The Morgan fingerprint density at radius 2 is 1.84 bits per heavy atom. The Balaban J connectivity index is 1.23. The molecule has 3 aliphatic carbocycles. The van der Waals surface area contributed by atoms with Crippen molar-refractivity contribution < 1.29 is 31.1 Å². The summed E-state index contributed by atoms with van der Waals surface area (Å²) >= 11 is 6.63. The van der Waals surface area contributed by atoms with Crippen molar-refractivity contribution in [1.29, 1.82) is 0 Å². The van der Waals surface area contributed by atoms with Crippen LogP contribution in [0, 0.1) is 24.5 Å². The zero-order chi connectivity index (χ0) is 39.4. The number of benzene rings is 3. The van der Waals surface area contributed by atoms with Gasteiger partial charge in [0.25, 0.3) is 17.9 Å². The van der Waals surface area contributed by atoms with Crippen molar-refractivity contribution in [3.05, 3.63) is 121 Å². The molecular weight excluding hydrogens is 760 g/mol. The third-order valence-electron chi connectivity index (χ3n) is 11.1. The third-order valence-corrected chi connectivity index (χ3v) is 11.4. The van der Waals surface area contributed by atoms with Crippen LogP contribution in [0.1, 0.15) is 83.7 Å². The Hall–Kier alpha value is -5.44. The van der Waals surface area contributed by atoms with Crippen molar-refractivity contribution in [3.8, 4) is 5.69 Å². The number of hydrogen-bond acceptors (Lipinski definition) is 5. The van der Waals surface area contributed by atoms with Crippen LogP contribution in [0.15, 0.2) is 59.4 Å². The summed E-state index contributed by atoms with van der Waals surface area (Å²) < 4.78 is 91.7. The van der Waals surface area contributed by atoms with Crippen LogP contribution in [-0.2, 0) is 30.7 Å². The summed E-state index contributed by atoms with van der Waals surface area (Å²) in [6.07, 6.45) is 1.37. The molecule has 56 heavy (non-hydrogen) atoms. The highest BCUT2D eigenvalue weighted by atomic mass is 35.5. The highest BCUT2D eigenvalue weighted by Crippen LogP contribution is 2.68. The van der Waals surface area contributed by atoms with Gasteiger partial charge in [-0.2, -0.15) is 19.0 Å². The van der Waals surface area contributed by atoms with E-state index in [1.165, 1.54) is 4.57 Å². The zero-order valence-electron chi connectivity index (χ0n) is 29.9. The second-order valence-corrected chi connectivity index (χ2v) is 15.1. The molecule has 1 N–H and O–H groups in total. The van der Waals surface area contributed by atoms with Crippen LogP contribution < -0.4 is 10.9 Å². The van der Waals surface area contributed by atoms with E-state index in [2.05, 4.69) is 21.6 Å². The maximum atomic E-state index is 15.4. The van der Waals surface area contributed by atoms with Crippen molar-refractivity contribution in [2.24, 2.45) is 13.0 Å². The summed E-state index contributed by atoms with van der Waals surface area (Å²) in [5.74, 6) is -8.21. The largest absolute Gasteiger partial charge is 0.344 e. The van der Waals surface area contributed by atoms with Crippen LogP contribution in [0.5, 0.6) is 0 Å². The molecule has 3 heterocycles. The lowest BCUT2D eigenvalue weighted by molar-refractivity contribution is -0.123. The molecule has 1 amide bonds. The molecule has 9 rings (SSSR count). The Morgan fingerprint density at radius 1 is 1.07 bits per heavy atom. The topological polar surface area (TPSA) is 99.6 Å². The molecule has 3 aliphatic rings. The first-order valence-corrected chi connectivity index (χ1v) is 18.5. The number of nitrogens with zero attached hydrogens (tertiary/aromatic N) is 6. The summed E-state index contributed by atoms with van der Waals surface area (Å²) in [6.45, 7) is 0.861. The molecule has 0 spiro atoms. The number of carbonyl (C=O) groups is 1. The first kappa shape index (κ1) is 36.2. The minimum atomic E-state index is -3.48. The van der Waals surface area contributed by atoms with Crippen LogP contribution >= 0.6 is 11.6 Å². The van der Waals surface area contributed by atoms with Gasteiger partial charge in [0, 0.05) is 36.4 Å². The number of amides is 1. The van der Waals surface area contributed by atoms with Crippen LogP contribution in [0.25, 0.3) is 33.1 Å². The van der Waals surface area contributed by atoms with Crippen LogP contribution in [0.2, 0.25) is 5.02 Å². The number of alkyl halides is 4. The highest BCUT2D eigenvalue weighted by molar-refractivity contribution is 6.36. The fourth-order valence-electron chi connectivity index (χ4n) is 8.66. The maximum absolute atomic E-state index is 15.4. The molecule has 0 radical (unpaired) electrons. The summed E-state index contributed by atoms with van der Waals surface area (Å²) in [6, 6.07) is 9.90. The van der Waals surface area contributed by atoms with Crippen molar-refractivity contribution >= 4 is 44.9 Å². The molecule has 1 fully saturated rings. The highest BCUT2D eigenvalue weighted by Gasteiger charge is 2.67. The van der Waals surface area contributed by atoms with E-state index in [4.69, 9.17) is 16.6 Å². The number of aromatic nitrogens is 6. The second kappa shape index (κ2) is 13.1. The van der Waals surface area contributed by atoms with Gasteiger partial charge < -0.3 is 5.32 Å². The molecule has 0 saturated heterocycles. The molecular formula is C40H32ClF6N7O2. The molecule has 288 valence electrons. The molecule has 2 unspecified atom stereocenters. The first-order valence-electron chi connectivity index (χ1n) is 18.1. The molecule has 0 aliphatic heterocycles. The van der Waals surface area contributed by atoms with Gasteiger partial charge in [0.2, 0.25) is 5.91 Å². The summed E-state index contributed by atoms with van der Waals surface area (Å²) in [7, 11) is 1.67. The zero-order valence-corrected chi connectivity index (χ0v) is 30.6. The number of nitrogens with one attached hydrogen (secondary N) is 1. The molecule has 16 heteroatoms. The monoisotopic (exact) mass is 791 g/mol. The van der Waals surface area contributed by atoms with Gasteiger partial charge in [-0.25, -0.2) is 22.5 Å². The Kier molecular flexibility index (Phi) is 8.45. The normalized spacial score (nSPS) is 18.8. The van der Waals surface area contributed by atoms with Crippen LogP contribution in [-0.4, -0.2) is 35.0 Å². The summed E-state index contributed by atoms with van der Waals surface area (Å²) in [5.41, 5.74) is 1.26. The lowest BCUT2D eigenvalue weighted by atomic mass is 10.0. The predicted octanol–water partition coefficient (Wildman–Crippen LogP) is 8.52. The van der Waals surface area contributed by atoms with Gasteiger partial charge in [0.05, 0.1) is 38.9 Å². The van der Waals surface area contributed by atoms with Gasteiger partial charge in [-0.15, -0.1) is 0 Å². The number of halogens is 7. The third kappa shape index (κ3) is 5.80. The van der Waals surface area contributed by atoms with Crippen molar-refractivity contribution in [2.45, 2.75) is 69.9 Å². The number of hydrogen-bond donors (Lipinski definition) is 1. The van der Waals surface area contributed by atoms with Crippen molar-refractivity contribution in [2.75, 3.05) is 0 Å². The van der Waals surface area contributed by atoms with Crippen molar-refractivity contribution in [3.63, 3.8) is 0 Å². The molecule has 1 saturated carbocycles. The van der Waals surface area contributed by atoms with E-state index in [0.717, 1.165) is 42.5 Å². The standard InChI is InChI=1S/C40H32ClF6N7O2/c1-18-32-27(41)9-10-30(35(32)52(2)50-18)54-38(49-28-14-21(20-5-3-4-6-20)7-8-24(28)39(54)56)29(13-19-11-22(42)15-23(43)12-19)48-31(55)17-53-36-33(34(51-53)37(44)45)25-16-26(25)40(36,46)47/h5,7-12,14-15,25-26,29,37H,3-4,6,13,16-17H2,1-2H3,(H,48,55)/t25?,26?,29-/m0/s1. The van der Waals surface area contributed by atoms with E-state index >= 15 is 8.78 Å². The van der Waals surface area contributed by atoms with E-state index in [1.807, 2.05) is 6.07 Å².